The number of carbonyl (C=O) groups is 2. The Morgan fingerprint density at radius 1 is 0.710 bits per heavy atom. The molecule has 5 heterocycles. The van der Waals surface area contributed by atoms with Gasteiger partial charge in [-0.3, -0.25) is 4.79 Å². The van der Waals surface area contributed by atoms with Crippen LogP contribution in [-0.2, 0) is 55.1 Å². The maximum Gasteiger partial charge on any atom is 0.340 e. The summed E-state index contributed by atoms with van der Waals surface area (Å²) in [4.78, 5) is 48.3. The molecule has 11 heteroatoms. The quantitative estimate of drug-likeness (QED) is 0.0603. The molecule has 20 aliphatic rings. The second-order valence-corrected chi connectivity index (χ2v) is 32.5. The van der Waals surface area contributed by atoms with Crippen molar-refractivity contribution in [3.8, 4) is 5.75 Å². The zero-order valence-electron chi connectivity index (χ0n) is 57.5. The fraction of sp³-hybridized carbons (Fsp3) is 0.449. The average molecular weight is 1340 g/mol. The van der Waals surface area contributed by atoms with Crippen LogP contribution in [0.4, 0.5) is 0 Å². The number of hydrogen-bond donors (Lipinski definition) is 3. The van der Waals surface area contributed by atoms with Gasteiger partial charge in [0.15, 0.2) is 17.8 Å². The first-order valence-electron chi connectivity index (χ1n) is 37.7. The molecule has 6 aromatic carbocycles. The van der Waals surface area contributed by atoms with E-state index in [9.17, 15) is 15.3 Å². The summed E-state index contributed by atoms with van der Waals surface area (Å²) in [6, 6.07) is 43.9. The van der Waals surface area contributed by atoms with Crippen LogP contribution in [0.2, 0.25) is 0 Å². The van der Waals surface area contributed by atoms with Crippen LogP contribution in [0, 0.1) is 40.9 Å². The van der Waals surface area contributed by atoms with Crippen molar-refractivity contribution in [3.05, 3.63) is 250 Å². The molecule has 16 aliphatic carbocycles. The van der Waals surface area contributed by atoms with Gasteiger partial charge in [0.2, 0.25) is 0 Å². The van der Waals surface area contributed by atoms with Crippen LogP contribution in [0.15, 0.2) is 160 Å². The zero-order valence-corrected chi connectivity index (χ0v) is 57.5. The molecule has 1 aromatic heterocycles. The number of aliphatic hydroxyl groups is 3. The minimum Gasteiger partial charge on any atom is -0.482 e. The van der Waals surface area contributed by atoms with Gasteiger partial charge in [-0.2, -0.15) is 0 Å². The van der Waals surface area contributed by atoms with Crippen molar-refractivity contribution in [1.82, 2.24) is 0 Å². The number of hydrogen-bond acceptors (Lipinski definition) is 11. The average Bonchev–Trinajstić information content (AvgIpc) is 1.29. The summed E-state index contributed by atoms with van der Waals surface area (Å²) in [5, 5.41) is 33.9. The topological polar surface area (TPSA) is 162 Å². The standard InChI is InChI=1S/C89H90O11/c1-49(46-91)69-43-71-58-37-51-16-14-50(15-17-51)36-52-18-19-54-20-24-61-9-5-10-62-25-28-67-65(12-6-13-75(67)89(61,62)76(54)38-52)55-21-26-63-56-22-27-66(71)70(41-56)60(40-58)45-87-33-7-34-88(78(87)44-72-64-11-4-3-8-53(64)23-30-74(72)87)84(99-85(69)94)83(97-79(93)42-59(63)39-55)81-77(100-88)31-29-68-73(47-92)80(86(95)98-82(68)81)57(32-35-90)48-96-2/h3-4,6,8,11-24,26-27,29-31,38,41,55,57-63,71-72,74,78,83-84,90-92H,5,7,9-10,25,28,32-37,39-40,42-48H2,1-2H3/t55-,57+,58-,59+,60+,61+,62+,63+,71+,72-,74-,78+,83+,84-,87+,88-,89-/m0/s1. The molecule has 0 unspecified atom stereocenters. The third kappa shape index (κ3) is 9.38. The molecule has 0 amide bonds. The molecule has 3 N–H and O–H groups in total. The van der Waals surface area contributed by atoms with Crippen LogP contribution >= 0.6 is 0 Å². The Labute approximate surface area is 585 Å². The van der Waals surface area contributed by atoms with Crippen molar-refractivity contribution in [2.45, 2.75) is 181 Å². The lowest BCUT2D eigenvalue weighted by molar-refractivity contribution is -0.222. The molecule has 2 spiro atoms. The van der Waals surface area contributed by atoms with E-state index in [2.05, 4.69) is 140 Å². The molecular formula is C89H90O11. The number of aliphatic hydroxyl groups excluding tert-OH is 3. The van der Waals surface area contributed by atoms with Gasteiger partial charge in [0, 0.05) is 65.7 Å². The Kier molecular flexibility index (Phi) is 15.2. The molecule has 11 nitrogen and oxygen atoms in total. The molecule has 4 aliphatic heterocycles. The first-order chi connectivity index (χ1) is 48.9. The lowest BCUT2D eigenvalue weighted by Crippen LogP contribution is -2.65. The second-order valence-electron chi connectivity index (χ2n) is 32.5. The molecule has 512 valence electrons. The van der Waals surface area contributed by atoms with Crippen LogP contribution in [0.25, 0.3) is 23.1 Å². The molecule has 3 saturated carbocycles. The summed E-state index contributed by atoms with van der Waals surface area (Å²) >= 11 is 0. The van der Waals surface area contributed by atoms with Gasteiger partial charge in [-0.15, -0.1) is 0 Å². The van der Waals surface area contributed by atoms with Crippen molar-refractivity contribution >= 4 is 35.1 Å². The number of methoxy groups -OCH3 is 1. The summed E-state index contributed by atoms with van der Waals surface area (Å²) in [5.41, 5.74) is 16.4. The Bertz CT molecular complexity index is 4710. The number of fused-ring (bicyclic) bond motifs is 10. The summed E-state index contributed by atoms with van der Waals surface area (Å²) in [5.74, 6) is -0.929. The summed E-state index contributed by atoms with van der Waals surface area (Å²) in [6.07, 6.45) is 25.2. The smallest absolute Gasteiger partial charge is 0.340 e. The Morgan fingerprint density at radius 3 is 2.42 bits per heavy atom. The fourth-order valence-corrected chi connectivity index (χ4v) is 24.1. The highest BCUT2D eigenvalue weighted by molar-refractivity contribution is 5.91. The number of allylic oxidation sites excluding steroid dienone is 4. The first kappa shape index (κ1) is 63.0. The van der Waals surface area contributed by atoms with E-state index in [0.29, 0.717) is 65.4 Å². The molecule has 21 bridgehead atoms. The van der Waals surface area contributed by atoms with Gasteiger partial charge in [0.1, 0.15) is 11.3 Å². The second kappa shape index (κ2) is 24.1. The summed E-state index contributed by atoms with van der Waals surface area (Å²) in [7, 11) is 1.54. The number of benzene rings is 6. The number of carbonyl (C=O) groups excluding carboxylic acids is 2. The summed E-state index contributed by atoms with van der Waals surface area (Å²) < 4.78 is 35.4. The number of ether oxygens (including phenoxy) is 4. The largest absolute Gasteiger partial charge is 0.482 e. The van der Waals surface area contributed by atoms with Gasteiger partial charge >= 0.3 is 17.6 Å². The summed E-state index contributed by atoms with van der Waals surface area (Å²) in [6.45, 7) is 0.782. The molecule has 17 atom stereocenters. The Balaban J connectivity index is 0.877. The highest BCUT2D eigenvalue weighted by atomic mass is 16.6. The molecular weight excluding hydrogens is 1240 g/mol. The van der Waals surface area contributed by atoms with E-state index in [0.717, 1.165) is 57.8 Å². The SMILES string of the molecule is COC[C@@H](CCO)c1c(CO)c2ccc3c(c2oc1=O)[C@H]1OC(=O)C[C@H]2C[C@@H]4C=C[C@@H]2c2ccc5c(c2)[C@@H]2C[C@H](Cc6ccc(cc6)Cc6ccc7c(c6)[C@]68c9cccc4c9CC[C@H]6CCC[C@@H]8C=C7)[C@H]5CC(=C(C)CO)C(=O)O[C@@H]1[C@@]1(CCC[C@]4(C2)[C@H]1C[C@H]1c2ccccc2C=C[C@@H]14)O3. The lowest BCUT2D eigenvalue weighted by Gasteiger charge is -2.58. The molecule has 100 heavy (non-hydrogen) atoms. The third-order valence-corrected chi connectivity index (χ3v) is 28.1. The predicted octanol–water partition coefficient (Wildman–Crippen LogP) is 16.3. The fourth-order valence-electron chi connectivity index (χ4n) is 24.1. The van der Waals surface area contributed by atoms with Gasteiger partial charge in [0.05, 0.1) is 25.4 Å². The van der Waals surface area contributed by atoms with Crippen LogP contribution < -0.4 is 10.4 Å². The van der Waals surface area contributed by atoms with Crippen LogP contribution in [0.3, 0.4) is 0 Å². The predicted molar refractivity (Wildman–Crippen MR) is 384 cm³/mol. The van der Waals surface area contributed by atoms with Gasteiger partial charge in [-0.1, -0.05) is 146 Å². The highest BCUT2D eigenvalue weighted by Crippen LogP contribution is 2.72. The van der Waals surface area contributed by atoms with Gasteiger partial charge < -0.3 is 38.7 Å². The van der Waals surface area contributed by atoms with Gasteiger partial charge in [-0.25, -0.2) is 9.59 Å². The van der Waals surface area contributed by atoms with E-state index < -0.39 is 53.3 Å². The third-order valence-electron chi connectivity index (χ3n) is 28.1. The maximum absolute atomic E-state index is 16.6. The van der Waals surface area contributed by atoms with E-state index >= 15 is 14.4 Å². The van der Waals surface area contributed by atoms with E-state index in [4.69, 9.17) is 23.4 Å². The van der Waals surface area contributed by atoms with Crippen LogP contribution in [0.5, 0.6) is 5.75 Å². The van der Waals surface area contributed by atoms with Crippen LogP contribution in [0.1, 0.15) is 227 Å². The van der Waals surface area contributed by atoms with E-state index in [-0.39, 0.29) is 108 Å². The molecule has 27 rings (SSSR count). The van der Waals surface area contributed by atoms with Crippen LogP contribution in [-0.4, -0.2) is 65.9 Å². The monoisotopic (exact) mass is 1330 g/mol. The van der Waals surface area contributed by atoms with E-state index in [1.165, 1.54) is 85.2 Å². The molecule has 4 fully saturated rings. The number of esters is 2. The van der Waals surface area contributed by atoms with Crippen molar-refractivity contribution in [2.24, 2.45) is 40.9 Å². The van der Waals surface area contributed by atoms with Crippen molar-refractivity contribution in [3.63, 3.8) is 0 Å². The van der Waals surface area contributed by atoms with Gasteiger partial charge in [0.25, 0.3) is 0 Å². The maximum atomic E-state index is 16.6. The highest BCUT2D eigenvalue weighted by Gasteiger charge is 2.71. The molecule has 7 aromatic rings. The molecule has 0 radical (unpaired) electrons. The number of rotatable bonds is 7. The Morgan fingerprint density at radius 2 is 1.56 bits per heavy atom. The minimum atomic E-state index is -1.37. The Hall–Kier alpha value is -7.93. The van der Waals surface area contributed by atoms with Crippen molar-refractivity contribution < 1.29 is 48.3 Å². The van der Waals surface area contributed by atoms with Gasteiger partial charge in [-0.05, 0) is 252 Å². The van der Waals surface area contributed by atoms with E-state index in [1.807, 2.05) is 19.1 Å². The minimum absolute atomic E-state index is 0.00583. The molecule has 1 saturated heterocycles. The normalized spacial score (nSPS) is 33.5. The zero-order chi connectivity index (χ0) is 67.5. The first-order valence-corrected chi connectivity index (χ1v) is 37.7. The van der Waals surface area contributed by atoms with Crippen molar-refractivity contribution in [1.29, 1.82) is 0 Å². The van der Waals surface area contributed by atoms with E-state index in [1.54, 1.807) is 7.11 Å². The van der Waals surface area contributed by atoms with Crippen molar-refractivity contribution in [2.75, 3.05) is 26.9 Å². The lowest BCUT2D eigenvalue weighted by atomic mass is 9.48.